The van der Waals surface area contributed by atoms with E-state index in [0.29, 0.717) is 6.42 Å². The smallest absolute Gasteiger partial charge is 0.310 e. The Kier molecular flexibility index (Phi) is 3.78. The zero-order valence-corrected chi connectivity index (χ0v) is 9.69. The lowest BCUT2D eigenvalue weighted by molar-refractivity contribution is -0.140. The number of nitrogens with one attached hydrogen (secondary N) is 2. The molecule has 2 rings (SSSR count). The average molecular weight is 238 g/mol. The Morgan fingerprint density at radius 2 is 2.12 bits per heavy atom. The number of rotatable bonds is 3. The number of piperidine rings is 1. The fraction of sp³-hybridized carbons (Fsp3) is 0.667. The Labute approximate surface area is 100 Å². The van der Waals surface area contributed by atoms with Crippen LogP contribution in [0.1, 0.15) is 25.7 Å². The van der Waals surface area contributed by atoms with Crippen LogP contribution in [0.4, 0.5) is 0 Å². The van der Waals surface area contributed by atoms with Crippen LogP contribution in [0.15, 0.2) is 12.2 Å². The monoisotopic (exact) mass is 238 g/mol. The molecule has 0 aromatic rings. The van der Waals surface area contributed by atoms with E-state index in [1.165, 1.54) is 0 Å². The molecule has 5 nitrogen and oxygen atoms in total. The molecule has 0 aromatic carbocycles. The zero-order chi connectivity index (χ0) is 12.3. The molecule has 1 amide bonds. The van der Waals surface area contributed by atoms with E-state index in [4.69, 9.17) is 5.11 Å². The summed E-state index contributed by atoms with van der Waals surface area (Å²) in [6, 6.07) is -0.242. The van der Waals surface area contributed by atoms with Crippen LogP contribution in [0, 0.1) is 5.92 Å². The van der Waals surface area contributed by atoms with E-state index in [1.807, 2.05) is 0 Å². The minimum atomic E-state index is -0.825. The summed E-state index contributed by atoms with van der Waals surface area (Å²) >= 11 is 0. The molecule has 0 radical (unpaired) electrons. The molecule has 1 saturated heterocycles. The van der Waals surface area contributed by atoms with Gasteiger partial charge in [0.15, 0.2) is 0 Å². The fourth-order valence-corrected chi connectivity index (χ4v) is 2.35. The first-order valence-electron chi connectivity index (χ1n) is 6.11. The molecule has 1 aliphatic heterocycles. The molecule has 0 aromatic heterocycles. The Morgan fingerprint density at radius 3 is 2.71 bits per heavy atom. The second kappa shape index (κ2) is 5.31. The van der Waals surface area contributed by atoms with Gasteiger partial charge in [-0.2, -0.15) is 0 Å². The highest BCUT2D eigenvalue weighted by molar-refractivity contribution is 5.82. The van der Waals surface area contributed by atoms with Crippen LogP contribution >= 0.6 is 0 Å². The maximum Gasteiger partial charge on any atom is 0.310 e. The maximum absolute atomic E-state index is 11.9. The molecule has 17 heavy (non-hydrogen) atoms. The number of carbonyl (C=O) groups is 2. The molecule has 1 aliphatic carbocycles. The number of hydrogen-bond acceptors (Lipinski definition) is 3. The number of amides is 1. The van der Waals surface area contributed by atoms with Gasteiger partial charge in [0, 0.05) is 6.04 Å². The summed E-state index contributed by atoms with van der Waals surface area (Å²) in [6.07, 6.45) is 6.96. The van der Waals surface area contributed by atoms with E-state index in [2.05, 4.69) is 10.6 Å². The SMILES string of the molecule is O=C(O)C1C=CC(NC(=O)C2CCCCN2)C1. The van der Waals surface area contributed by atoms with Crippen LogP contribution in [-0.4, -0.2) is 35.6 Å². The summed E-state index contributed by atoms with van der Waals surface area (Å²) in [5.74, 6) is -1.29. The quantitative estimate of drug-likeness (QED) is 0.617. The lowest BCUT2D eigenvalue weighted by Gasteiger charge is -2.24. The topological polar surface area (TPSA) is 78.4 Å². The van der Waals surface area contributed by atoms with Crippen LogP contribution in [0.25, 0.3) is 0 Å². The van der Waals surface area contributed by atoms with Gasteiger partial charge in [-0.25, -0.2) is 0 Å². The van der Waals surface area contributed by atoms with Crippen molar-refractivity contribution in [3.05, 3.63) is 12.2 Å². The Bertz CT molecular complexity index is 335. The minimum absolute atomic E-state index is 0.00890. The molecule has 94 valence electrons. The molecule has 1 heterocycles. The first kappa shape index (κ1) is 12.1. The van der Waals surface area contributed by atoms with Gasteiger partial charge >= 0.3 is 5.97 Å². The standard InChI is InChI=1S/C12H18N2O3/c15-11(10-3-1-2-6-13-10)14-9-5-4-8(7-9)12(16)17/h4-5,8-10,13H,1-3,6-7H2,(H,14,15)(H,16,17). The highest BCUT2D eigenvalue weighted by Crippen LogP contribution is 2.18. The Hall–Kier alpha value is -1.36. The van der Waals surface area contributed by atoms with Crippen molar-refractivity contribution in [3.63, 3.8) is 0 Å². The second-order valence-corrected chi connectivity index (χ2v) is 4.68. The molecule has 3 N–H and O–H groups in total. The summed E-state index contributed by atoms with van der Waals surface area (Å²) in [4.78, 5) is 22.6. The van der Waals surface area contributed by atoms with E-state index in [1.54, 1.807) is 12.2 Å². The van der Waals surface area contributed by atoms with Crippen LogP contribution < -0.4 is 10.6 Å². The van der Waals surface area contributed by atoms with E-state index in [0.717, 1.165) is 25.8 Å². The third-order valence-electron chi connectivity index (χ3n) is 3.36. The first-order valence-corrected chi connectivity index (χ1v) is 6.11. The maximum atomic E-state index is 11.9. The van der Waals surface area contributed by atoms with Crippen molar-refractivity contribution in [3.8, 4) is 0 Å². The van der Waals surface area contributed by atoms with Crippen molar-refractivity contribution in [1.29, 1.82) is 0 Å². The van der Waals surface area contributed by atoms with E-state index >= 15 is 0 Å². The molecule has 3 unspecified atom stereocenters. The van der Waals surface area contributed by atoms with Gasteiger partial charge in [0.1, 0.15) is 0 Å². The first-order chi connectivity index (χ1) is 8.16. The van der Waals surface area contributed by atoms with Crippen molar-refractivity contribution in [2.75, 3.05) is 6.54 Å². The predicted molar refractivity (Wildman–Crippen MR) is 62.5 cm³/mol. The number of carboxylic acids is 1. The average Bonchev–Trinajstić information content (AvgIpc) is 2.79. The predicted octanol–water partition coefficient (Wildman–Crippen LogP) is 0.274. The van der Waals surface area contributed by atoms with Gasteiger partial charge in [0.05, 0.1) is 12.0 Å². The van der Waals surface area contributed by atoms with Gasteiger partial charge in [-0.05, 0) is 25.8 Å². The minimum Gasteiger partial charge on any atom is -0.481 e. The number of carboxylic acid groups (broad SMARTS) is 1. The van der Waals surface area contributed by atoms with Crippen molar-refractivity contribution in [1.82, 2.24) is 10.6 Å². The third-order valence-corrected chi connectivity index (χ3v) is 3.36. The van der Waals surface area contributed by atoms with Crippen LogP contribution in [0.3, 0.4) is 0 Å². The number of carbonyl (C=O) groups excluding carboxylic acids is 1. The summed E-state index contributed by atoms with van der Waals surface area (Å²) in [7, 11) is 0. The summed E-state index contributed by atoms with van der Waals surface area (Å²) in [5, 5.41) is 14.9. The molecule has 2 aliphatic rings. The largest absolute Gasteiger partial charge is 0.481 e. The molecule has 0 bridgehead atoms. The van der Waals surface area contributed by atoms with Crippen molar-refractivity contribution < 1.29 is 14.7 Å². The summed E-state index contributed by atoms with van der Waals surface area (Å²) in [6.45, 7) is 0.885. The van der Waals surface area contributed by atoms with Crippen molar-refractivity contribution >= 4 is 11.9 Å². The van der Waals surface area contributed by atoms with Gasteiger partial charge in [0.2, 0.25) is 5.91 Å². The fourth-order valence-electron chi connectivity index (χ4n) is 2.35. The van der Waals surface area contributed by atoms with Gasteiger partial charge in [-0.1, -0.05) is 18.6 Å². The molecule has 1 fully saturated rings. The highest BCUT2D eigenvalue weighted by Gasteiger charge is 2.28. The summed E-state index contributed by atoms with van der Waals surface area (Å²) < 4.78 is 0. The van der Waals surface area contributed by atoms with Gasteiger partial charge in [-0.3, -0.25) is 9.59 Å². The van der Waals surface area contributed by atoms with E-state index in [-0.39, 0.29) is 18.0 Å². The molecule has 3 atom stereocenters. The normalized spacial score (nSPS) is 32.4. The lowest BCUT2D eigenvalue weighted by atomic mass is 10.0. The molecule has 0 spiro atoms. The second-order valence-electron chi connectivity index (χ2n) is 4.68. The third kappa shape index (κ3) is 3.06. The van der Waals surface area contributed by atoms with Crippen LogP contribution in [0.5, 0.6) is 0 Å². The lowest BCUT2D eigenvalue weighted by Crippen LogP contribution is -2.49. The van der Waals surface area contributed by atoms with Crippen molar-refractivity contribution in [2.45, 2.75) is 37.8 Å². The Balaban J connectivity index is 1.80. The van der Waals surface area contributed by atoms with Crippen LogP contribution in [-0.2, 0) is 9.59 Å². The molecule has 5 heteroatoms. The molecular formula is C12H18N2O3. The molecular weight excluding hydrogens is 220 g/mol. The van der Waals surface area contributed by atoms with Gasteiger partial charge in [-0.15, -0.1) is 0 Å². The number of aliphatic carboxylic acids is 1. The van der Waals surface area contributed by atoms with E-state index < -0.39 is 11.9 Å². The Morgan fingerprint density at radius 1 is 1.29 bits per heavy atom. The molecule has 0 saturated carbocycles. The van der Waals surface area contributed by atoms with Crippen LogP contribution in [0.2, 0.25) is 0 Å². The number of hydrogen-bond donors (Lipinski definition) is 3. The van der Waals surface area contributed by atoms with Gasteiger partial charge < -0.3 is 15.7 Å². The zero-order valence-electron chi connectivity index (χ0n) is 9.69. The highest BCUT2D eigenvalue weighted by atomic mass is 16.4. The van der Waals surface area contributed by atoms with E-state index in [9.17, 15) is 9.59 Å². The summed E-state index contributed by atoms with van der Waals surface area (Å²) in [5.41, 5.74) is 0. The van der Waals surface area contributed by atoms with Gasteiger partial charge in [0.25, 0.3) is 0 Å². The van der Waals surface area contributed by atoms with Crippen molar-refractivity contribution in [2.24, 2.45) is 5.92 Å².